The molecule has 0 bridgehead atoms. The predicted molar refractivity (Wildman–Crippen MR) is 64.5 cm³/mol. The third-order valence-corrected chi connectivity index (χ3v) is 3.35. The molecule has 0 saturated carbocycles. The van der Waals surface area contributed by atoms with E-state index < -0.39 is 12.0 Å². The summed E-state index contributed by atoms with van der Waals surface area (Å²) < 4.78 is 0. The van der Waals surface area contributed by atoms with E-state index in [-0.39, 0.29) is 0 Å². The summed E-state index contributed by atoms with van der Waals surface area (Å²) in [4.78, 5) is 13.4. The summed E-state index contributed by atoms with van der Waals surface area (Å²) in [5.41, 5.74) is 0. The second kappa shape index (κ2) is 6.21. The highest BCUT2D eigenvalue weighted by atomic mass is 16.4. The molecule has 1 aliphatic heterocycles. The Balaban J connectivity index is 2.53. The molecule has 0 aromatic rings. The number of likely N-dealkylation sites (tertiary alicyclic amines) is 1. The van der Waals surface area contributed by atoms with E-state index in [4.69, 9.17) is 5.11 Å². The number of aliphatic carboxylic acids is 1. The van der Waals surface area contributed by atoms with Gasteiger partial charge in [0.1, 0.15) is 6.04 Å². The number of rotatable bonds is 6. The number of nitrogens with one attached hydrogen (secondary N) is 1. The minimum Gasteiger partial charge on any atom is -0.480 e. The fourth-order valence-electron chi connectivity index (χ4n) is 2.54. The van der Waals surface area contributed by atoms with Crippen LogP contribution in [0.15, 0.2) is 0 Å². The molecule has 1 rings (SSSR count). The van der Waals surface area contributed by atoms with Gasteiger partial charge in [0, 0.05) is 12.6 Å². The molecule has 2 N–H and O–H groups in total. The van der Waals surface area contributed by atoms with E-state index in [1.54, 1.807) is 0 Å². The number of nitrogens with zero attached hydrogens (tertiary/aromatic N) is 1. The number of hydrogen-bond donors (Lipinski definition) is 2. The Labute approximate surface area is 98.0 Å². The van der Waals surface area contributed by atoms with Crippen LogP contribution in [0.2, 0.25) is 0 Å². The Kier molecular flexibility index (Phi) is 5.22. The molecule has 1 heterocycles. The van der Waals surface area contributed by atoms with E-state index in [0.29, 0.717) is 25.0 Å². The van der Waals surface area contributed by atoms with Crippen molar-refractivity contribution in [1.82, 2.24) is 10.2 Å². The molecule has 1 aliphatic rings. The monoisotopic (exact) mass is 228 g/mol. The van der Waals surface area contributed by atoms with Crippen LogP contribution in [0.25, 0.3) is 0 Å². The van der Waals surface area contributed by atoms with Gasteiger partial charge in [0.25, 0.3) is 0 Å². The molecule has 0 aromatic heterocycles. The fourth-order valence-corrected chi connectivity index (χ4v) is 2.54. The Morgan fingerprint density at radius 1 is 1.56 bits per heavy atom. The molecule has 1 saturated heterocycles. The van der Waals surface area contributed by atoms with Crippen LogP contribution in [0.1, 0.15) is 33.6 Å². The third-order valence-electron chi connectivity index (χ3n) is 3.35. The summed E-state index contributed by atoms with van der Waals surface area (Å²) in [7, 11) is 0. The summed E-state index contributed by atoms with van der Waals surface area (Å²) in [6.07, 6.45) is 2.40. The normalized spacial score (nSPS) is 23.9. The maximum absolute atomic E-state index is 11.1. The maximum atomic E-state index is 11.1. The van der Waals surface area contributed by atoms with E-state index in [9.17, 15) is 4.79 Å². The molecule has 2 atom stereocenters. The minimum atomic E-state index is -0.740. The predicted octanol–water partition coefficient (Wildman–Crippen LogP) is 1.17. The van der Waals surface area contributed by atoms with E-state index >= 15 is 0 Å². The van der Waals surface area contributed by atoms with Gasteiger partial charge in [-0.25, -0.2) is 0 Å². The molecule has 0 spiro atoms. The lowest BCUT2D eigenvalue weighted by Gasteiger charge is -2.29. The van der Waals surface area contributed by atoms with Crippen molar-refractivity contribution >= 4 is 5.97 Å². The average Bonchev–Trinajstić information content (AvgIpc) is 2.65. The second-order valence-corrected chi connectivity index (χ2v) is 4.90. The van der Waals surface area contributed by atoms with Gasteiger partial charge in [-0.1, -0.05) is 20.8 Å². The Hall–Kier alpha value is -0.610. The van der Waals surface area contributed by atoms with E-state index in [1.807, 2.05) is 6.92 Å². The van der Waals surface area contributed by atoms with Gasteiger partial charge >= 0.3 is 5.97 Å². The highest BCUT2D eigenvalue weighted by molar-refractivity contribution is 5.73. The molecule has 1 fully saturated rings. The van der Waals surface area contributed by atoms with Crippen molar-refractivity contribution in [2.45, 2.75) is 45.7 Å². The topological polar surface area (TPSA) is 52.6 Å². The van der Waals surface area contributed by atoms with E-state index in [1.165, 1.54) is 12.8 Å². The van der Waals surface area contributed by atoms with Crippen molar-refractivity contribution in [3.63, 3.8) is 0 Å². The van der Waals surface area contributed by atoms with Crippen LogP contribution in [0.3, 0.4) is 0 Å². The highest BCUT2D eigenvalue weighted by Gasteiger charge is 2.30. The summed E-state index contributed by atoms with van der Waals surface area (Å²) in [6.45, 7) is 8.75. The molecule has 0 aromatic carbocycles. The van der Waals surface area contributed by atoms with Gasteiger partial charge in [0.15, 0.2) is 0 Å². The van der Waals surface area contributed by atoms with Crippen LogP contribution in [0.5, 0.6) is 0 Å². The summed E-state index contributed by atoms with van der Waals surface area (Å²) >= 11 is 0. The molecule has 0 aliphatic carbocycles. The van der Waals surface area contributed by atoms with Gasteiger partial charge in [-0.3, -0.25) is 9.69 Å². The molecular formula is C12H24N2O2. The van der Waals surface area contributed by atoms with Crippen molar-refractivity contribution in [3.05, 3.63) is 0 Å². The van der Waals surface area contributed by atoms with Gasteiger partial charge in [0.2, 0.25) is 0 Å². The Morgan fingerprint density at radius 3 is 2.75 bits per heavy atom. The number of carbonyl (C=O) groups is 1. The first kappa shape index (κ1) is 13.5. The average molecular weight is 228 g/mol. The number of carboxylic acid groups (broad SMARTS) is 1. The van der Waals surface area contributed by atoms with Gasteiger partial charge < -0.3 is 10.4 Å². The van der Waals surface area contributed by atoms with Crippen LogP contribution in [0.4, 0.5) is 0 Å². The lowest BCUT2D eigenvalue weighted by atomic mass is 10.0. The number of likely N-dealkylation sites (N-methyl/N-ethyl adjacent to an activating group) is 1. The Morgan fingerprint density at radius 2 is 2.25 bits per heavy atom. The third kappa shape index (κ3) is 3.46. The number of hydrogen-bond acceptors (Lipinski definition) is 3. The molecular weight excluding hydrogens is 204 g/mol. The number of carboxylic acids is 1. The zero-order chi connectivity index (χ0) is 12.1. The largest absolute Gasteiger partial charge is 0.480 e. The lowest BCUT2D eigenvalue weighted by molar-refractivity contribution is -0.140. The molecule has 94 valence electrons. The van der Waals surface area contributed by atoms with Crippen LogP contribution >= 0.6 is 0 Å². The molecule has 0 radical (unpaired) electrons. The minimum absolute atomic E-state index is 0.427. The quantitative estimate of drug-likeness (QED) is 0.716. The maximum Gasteiger partial charge on any atom is 0.322 e. The summed E-state index contributed by atoms with van der Waals surface area (Å²) in [5, 5.41) is 12.1. The highest BCUT2D eigenvalue weighted by Crippen LogP contribution is 2.23. The summed E-state index contributed by atoms with van der Waals surface area (Å²) in [6, 6.07) is 0.129. The zero-order valence-corrected chi connectivity index (χ0v) is 10.6. The van der Waals surface area contributed by atoms with Gasteiger partial charge in [-0.15, -0.1) is 0 Å². The van der Waals surface area contributed by atoms with Crippen molar-refractivity contribution in [2.75, 3.05) is 19.6 Å². The molecule has 2 unspecified atom stereocenters. The van der Waals surface area contributed by atoms with Crippen molar-refractivity contribution in [3.8, 4) is 0 Å². The SMILES string of the molecule is CCNC(CN1CCCC1C(C)C)C(=O)O. The summed E-state index contributed by atoms with van der Waals surface area (Å²) in [5.74, 6) is -0.130. The van der Waals surface area contributed by atoms with Gasteiger partial charge in [0.05, 0.1) is 0 Å². The smallest absolute Gasteiger partial charge is 0.322 e. The molecule has 16 heavy (non-hydrogen) atoms. The van der Waals surface area contributed by atoms with Crippen LogP contribution in [-0.4, -0.2) is 47.7 Å². The van der Waals surface area contributed by atoms with E-state index in [0.717, 1.165) is 6.54 Å². The first-order chi connectivity index (χ1) is 7.56. The fraction of sp³-hybridized carbons (Fsp3) is 0.917. The molecule has 0 amide bonds. The van der Waals surface area contributed by atoms with Crippen molar-refractivity contribution < 1.29 is 9.90 Å². The van der Waals surface area contributed by atoms with E-state index in [2.05, 4.69) is 24.1 Å². The molecule has 4 heteroatoms. The first-order valence-electron chi connectivity index (χ1n) is 6.26. The standard InChI is InChI=1S/C12H24N2O2/c1-4-13-10(12(15)16)8-14-7-5-6-11(14)9(2)3/h9-11,13H,4-8H2,1-3H3,(H,15,16). The van der Waals surface area contributed by atoms with Crippen molar-refractivity contribution in [2.24, 2.45) is 5.92 Å². The second-order valence-electron chi connectivity index (χ2n) is 4.90. The Bertz CT molecular complexity index is 231. The molecule has 4 nitrogen and oxygen atoms in total. The zero-order valence-electron chi connectivity index (χ0n) is 10.6. The van der Waals surface area contributed by atoms with Crippen LogP contribution < -0.4 is 5.32 Å². The van der Waals surface area contributed by atoms with Crippen LogP contribution in [-0.2, 0) is 4.79 Å². The first-order valence-corrected chi connectivity index (χ1v) is 6.26. The van der Waals surface area contributed by atoms with Gasteiger partial charge in [-0.05, 0) is 31.8 Å². The lowest BCUT2D eigenvalue weighted by Crippen LogP contribution is -2.48. The van der Waals surface area contributed by atoms with Crippen LogP contribution in [0, 0.1) is 5.92 Å². The van der Waals surface area contributed by atoms with Crippen molar-refractivity contribution in [1.29, 1.82) is 0 Å². The van der Waals surface area contributed by atoms with Gasteiger partial charge in [-0.2, -0.15) is 0 Å².